The molecule has 0 amide bonds. The predicted molar refractivity (Wildman–Crippen MR) is 136 cm³/mol. The zero-order valence-electron chi connectivity index (χ0n) is 21.2. The molecule has 1 N–H and O–H groups in total. The second kappa shape index (κ2) is 7.49. The van der Waals surface area contributed by atoms with E-state index in [-0.39, 0.29) is 22.9 Å². The van der Waals surface area contributed by atoms with E-state index in [4.69, 9.17) is 14.2 Å². The topological polar surface area (TPSA) is 51.2 Å². The fraction of sp³-hybridized carbons (Fsp3) is 0.613. The molecule has 2 aromatic carbocycles. The third-order valence-corrected chi connectivity index (χ3v) is 11.1. The smallest absolute Gasteiger partial charge is 0.165 e. The average molecular weight is 488 g/mol. The van der Waals surface area contributed by atoms with E-state index in [0.29, 0.717) is 19.3 Å². The van der Waals surface area contributed by atoms with Crippen LogP contribution in [0.1, 0.15) is 55.2 Å². The first kappa shape index (κ1) is 22.0. The monoisotopic (exact) mass is 487 g/mol. The van der Waals surface area contributed by atoms with Crippen LogP contribution in [0.15, 0.2) is 42.5 Å². The van der Waals surface area contributed by atoms with Crippen LogP contribution in [-0.2, 0) is 23.2 Å². The molecule has 36 heavy (non-hydrogen) atoms. The summed E-state index contributed by atoms with van der Waals surface area (Å²) in [6.07, 6.45) is 7.65. The van der Waals surface area contributed by atoms with E-state index >= 15 is 0 Å². The quantitative estimate of drug-likeness (QED) is 0.624. The number of rotatable bonds is 7. The van der Waals surface area contributed by atoms with Gasteiger partial charge in [0.15, 0.2) is 11.5 Å². The van der Waals surface area contributed by atoms with Crippen molar-refractivity contribution in [2.45, 2.75) is 74.7 Å². The molecule has 1 unspecified atom stereocenters. The summed E-state index contributed by atoms with van der Waals surface area (Å²) in [4.78, 5) is 2.85. The molecule has 5 aliphatic carbocycles. The van der Waals surface area contributed by atoms with Gasteiger partial charge in [0.2, 0.25) is 0 Å². The molecule has 0 aromatic heterocycles. The van der Waals surface area contributed by atoms with Gasteiger partial charge in [-0.3, -0.25) is 4.90 Å². The van der Waals surface area contributed by atoms with Crippen LogP contribution >= 0.6 is 0 Å². The number of benzene rings is 2. The molecule has 5 nitrogen and oxygen atoms in total. The van der Waals surface area contributed by atoms with Crippen LogP contribution in [0.5, 0.6) is 11.5 Å². The zero-order chi connectivity index (χ0) is 24.1. The van der Waals surface area contributed by atoms with Crippen molar-refractivity contribution >= 4 is 0 Å². The Morgan fingerprint density at radius 1 is 1.08 bits per heavy atom. The minimum atomic E-state index is -0.875. The van der Waals surface area contributed by atoms with Gasteiger partial charge in [-0.25, -0.2) is 0 Å². The molecule has 2 aromatic rings. The minimum absolute atomic E-state index is 0.0818. The van der Waals surface area contributed by atoms with Crippen molar-refractivity contribution in [3.8, 4) is 11.5 Å². The van der Waals surface area contributed by atoms with Gasteiger partial charge in [0.25, 0.3) is 0 Å². The fourth-order valence-electron chi connectivity index (χ4n) is 9.44. The van der Waals surface area contributed by atoms with Crippen LogP contribution in [-0.4, -0.2) is 54.6 Å². The van der Waals surface area contributed by atoms with E-state index in [9.17, 15) is 5.11 Å². The number of nitrogens with zero attached hydrogens (tertiary/aromatic N) is 1. The minimum Gasteiger partial charge on any atom is -0.493 e. The van der Waals surface area contributed by atoms with Gasteiger partial charge in [0, 0.05) is 34.9 Å². The van der Waals surface area contributed by atoms with Crippen molar-refractivity contribution in [3.63, 3.8) is 0 Å². The normalized spacial score (nSPS) is 39.6. The summed E-state index contributed by atoms with van der Waals surface area (Å²) in [5.41, 5.74) is 3.14. The van der Waals surface area contributed by atoms with Crippen molar-refractivity contribution in [2.75, 3.05) is 26.8 Å². The number of hydrogen-bond acceptors (Lipinski definition) is 5. The molecule has 2 aliphatic heterocycles. The summed E-state index contributed by atoms with van der Waals surface area (Å²) in [5.74, 6) is 2.71. The van der Waals surface area contributed by atoms with Crippen molar-refractivity contribution in [3.05, 3.63) is 59.2 Å². The molecule has 9 rings (SSSR count). The van der Waals surface area contributed by atoms with Crippen LogP contribution in [0.4, 0.5) is 0 Å². The third kappa shape index (κ3) is 2.67. The molecular weight excluding hydrogens is 450 g/mol. The highest BCUT2D eigenvalue weighted by Crippen LogP contribution is 2.76. The maximum Gasteiger partial charge on any atom is 0.165 e. The Bertz CT molecular complexity index is 1200. The Labute approximate surface area is 213 Å². The largest absolute Gasteiger partial charge is 0.493 e. The van der Waals surface area contributed by atoms with Gasteiger partial charge < -0.3 is 19.3 Å². The van der Waals surface area contributed by atoms with E-state index in [1.807, 2.05) is 6.07 Å². The van der Waals surface area contributed by atoms with Crippen LogP contribution in [0.2, 0.25) is 0 Å². The molecule has 5 heteroatoms. The van der Waals surface area contributed by atoms with E-state index in [2.05, 4.69) is 41.3 Å². The molecule has 1 saturated heterocycles. The van der Waals surface area contributed by atoms with Gasteiger partial charge in [0.05, 0.1) is 20.3 Å². The number of aliphatic hydroxyl groups is 1. The predicted octanol–water partition coefficient (Wildman–Crippen LogP) is 4.48. The maximum atomic E-state index is 12.5. The Kier molecular flexibility index (Phi) is 4.57. The molecule has 2 heterocycles. The highest BCUT2D eigenvalue weighted by atomic mass is 16.5. The first-order valence-electron chi connectivity index (χ1n) is 14.0. The van der Waals surface area contributed by atoms with Crippen LogP contribution in [0, 0.1) is 17.3 Å². The fourth-order valence-corrected chi connectivity index (χ4v) is 9.44. The lowest BCUT2D eigenvalue weighted by molar-refractivity contribution is -0.275. The molecule has 7 aliphatic rings. The lowest BCUT2D eigenvalue weighted by Gasteiger charge is -2.73. The standard InChI is InChI=1S/C31H37NO4/c1-34-24-10-9-22-15-25-29-11-12-31(33,23(16-29)19-35-18-21-5-3-2-4-6-21)28-30(29,26(22)27(24)36-28)13-14-32(25)17-20-7-8-20/h2-6,9-10,20,23,25,28,33H,7-8,11-19H2,1H3/t23-,25?,28-,29-,30+,31-/m1/s1. The summed E-state index contributed by atoms with van der Waals surface area (Å²) >= 11 is 0. The molecule has 0 radical (unpaired) electrons. The maximum absolute atomic E-state index is 12.5. The van der Waals surface area contributed by atoms with E-state index < -0.39 is 5.60 Å². The van der Waals surface area contributed by atoms with Crippen molar-refractivity contribution < 1.29 is 19.3 Å². The lowest BCUT2D eigenvalue weighted by atomic mass is 9.35. The van der Waals surface area contributed by atoms with Gasteiger partial charge in [-0.2, -0.15) is 0 Å². The number of ether oxygens (including phenoxy) is 3. The summed E-state index contributed by atoms with van der Waals surface area (Å²) in [6, 6.07) is 15.3. The second-order valence-corrected chi connectivity index (χ2v) is 12.6. The third-order valence-electron chi connectivity index (χ3n) is 11.1. The van der Waals surface area contributed by atoms with Gasteiger partial charge in [-0.15, -0.1) is 0 Å². The number of methoxy groups -OCH3 is 1. The molecule has 5 fully saturated rings. The van der Waals surface area contributed by atoms with Gasteiger partial charge in [-0.1, -0.05) is 36.4 Å². The molecule has 4 saturated carbocycles. The number of hydrogen-bond donors (Lipinski definition) is 1. The van der Waals surface area contributed by atoms with Gasteiger partial charge in [-0.05, 0) is 74.6 Å². The first-order valence-corrected chi connectivity index (χ1v) is 14.0. The number of likely N-dealkylation sites (tertiary alicyclic amines) is 1. The Morgan fingerprint density at radius 2 is 1.94 bits per heavy atom. The zero-order valence-corrected chi connectivity index (χ0v) is 21.2. The number of fused-ring (bicyclic) bond motifs is 2. The summed E-state index contributed by atoms with van der Waals surface area (Å²) < 4.78 is 19.0. The Balaban J connectivity index is 1.21. The summed E-state index contributed by atoms with van der Waals surface area (Å²) in [7, 11) is 1.74. The second-order valence-electron chi connectivity index (χ2n) is 12.6. The molecular formula is C31H37NO4. The molecule has 4 bridgehead atoms. The molecule has 190 valence electrons. The summed E-state index contributed by atoms with van der Waals surface area (Å²) in [5, 5.41) is 12.5. The molecule has 2 spiro atoms. The average Bonchev–Trinajstić information content (AvgIpc) is 3.64. The van der Waals surface area contributed by atoms with Gasteiger partial charge in [0.1, 0.15) is 11.7 Å². The van der Waals surface area contributed by atoms with E-state index in [0.717, 1.165) is 56.1 Å². The van der Waals surface area contributed by atoms with E-state index in [1.54, 1.807) is 7.11 Å². The highest BCUT2D eigenvalue weighted by Gasteiger charge is 2.80. The van der Waals surface area contributed by atoms with Crippen LogP contribution < -0.4 is 9.47 Å². The van der Waals surface area contributed by atoms with Crippen molar-refractivity contribution in [2.24, 2.45) is 17.3 Å². The number of piperidine rings is 1. The molecule has 6 atom stereocenters. The van der Waals surface area contributed by atoms with E-state index in [1.165, 1.54) is 36.1 Å². The highest BCUT2D eigenvalue weighted by molar-refractivity contribution is 5.63. The van der Waals surface area contributed by atoms with Crippen molar-refractivity contribution in [1.29, 1.82) is 0 Å². The summed E-state index contributed by atoms with van der Waals surface area (Å²) in [6.45, 7) is 3.53. The SMILES string of the molecule is COc1ccc2c3c1O[C@H]1[C@@]4(O)CC[C@@]5(C[C@@H]4COCc4ccccc4)C(C2)N(CC2CC2)CC[C@]315. The van der Waals surface area contributed by atoms with Crippen LogP contribution in [0.3, 0.4) is 0 Å². The van der Waals surface area contributed by atoms with Crippen molar-refractivity contribution in [1.82, 2.24) is 4.90 Å². The Hall–Kier alpha value is -2.08. The lowest BCUT2D eigenvalue weighted by Crippen LogP contribution is -2.81. The van der Waals surface area contributed by atoms with Gasteiger partial charge >= 0.3 is 0 Å². The first-order chi connectivity index (χ1) is 17.6. The van der Waals surface area contributed by atoms with Crippen LogP contribution in [0.25, 0.3) is 0 Å². The Morgan fingerprint density at radius 3 is 2.75 bits per heavy atom.